The van der Waals surface area contributed by atoms with E-state index in [1.165, 1.54) is 6.92 Å². The SMILES string of the molecule is CC(=O)ON1C=CC=CC1C(C)(C)C. The highest BCUT2D eigenvalue weighted by Crippen LogP contribution is 2.27. The average Bonchev–Trinajstić information content (AvgIpc) is 2.01. The number of hydroxylamine groups is 2. The van der Waals surface area contributed by atoms with Crippen molar-refractivity contribution < 1.29 is 9.63 Å². The molecule has 0 radical (unpaired) electrons. The first kappa shape index (κ1) is 10.8. The van der Waals surface area contributed by atoms with Crippen LogP contribution in [0.2, 0.25) is 0 Å². The van der Waals surface area contributed by atoms with Crippen LogP contribution in [0.15, 0.2) is 24.4 Å². The van der Waals surface area contributed by atoms with E-state index in [-0.39, 0.29) is 17.4 Å². The first-order chi connectivity index (χ1) is 6.41. The molecule has 1 aliphatic heterocycles. The summed E-state index contributed by atoms with van der Waals surface area (Å²) in [6, 6.07) is 0.0939. The smallest absolute Gasteiger partial charge is 0.329 e. The van der Waals surface area contributed by atoms with Crippen LogP contribution >= 0.6 is 0 Å². The van der Waals surface area contributed by atoms with Crippen LogP contribution in [0.4, 0.5) is 0 Å². The van der Waals surface area contributed by atoms with Crippen LogP contribution in [0.25, 0.3) is 0 Å². The maximum atomic E-state index is 10.9. The van der Waals surface area contributed by atoms with Crippen LogP contribution in [0, 0.1) is 5.41 Å². The van der Waals surface area contributed by atoms with Crippen molar-refractivity contribution in [1.29, 1.82) is 0 Å². The predicted octanol–water partition coefficient (Wildman–Crippen LogP) is 2.26. The molecule has 0 bridgehead atoms. The quantitative estimate of drug-likeness (QED) is 0.642. The number of rotatable bonds is 1. The molecule has 14 heavy (non-hydrogen) atoms. The zero-order valence-electron chi connectivity index (χ0n) is 9.15. The van der Waals surface area contributed by atoms with Crippen molar-refractivity contribution in [3.8, 4) is 0 Å². The fourth-order valence-corrected chi connectivity index (χ4v) is 1.39. The highest BCUT2D eigenvalue weighted by atomic mass is 16.7. The van der Waals surface area contributed by atoms with Gasteiger partial charge >= 0.3 is 5.97 Å². The summed E-state index contributed by atoms with van der Waals surface area (Å²) in [5.41, 5.74) is 0.0384. The van der Waals surface area contributed by atoms with Crippen molar-refractivity contribution in [3.63, 3.8) is 0 Å². The molecule has 0 N–H and O–H groups in total. The van der Waals surface area contributed by atoms with Crippen LogP contribution in [-0.2, 0) is 9.63 Å². The summed E-state index contributed by atoms with van der Waals surface area (Å²) in [5, 5.41) is 1.60. The van der Waals surface area contributed by atoms with Gasteiger partial charge in [0.1, 0.15) is 0 Å². The maximum Gasteiger partial charge on any atom is 0.329 e. The van der Waals surface area contributed by atoms with Gasteiger partial charge in [-0.15, -0.1) is 0 Å². The van der Waals surface area contributed by atoms with Gasteiger partial charge < -0.3 is 4.84 Å². The Morgan fingerprint density at radius 1 is 1.36 bits per heavy atom. The second-order valence-corrected chi connectivity index (χ2v) is 4.48. The van der Waals surface area contributed by atoms with Crippen LogP contribution in [-0.4, -0.2) is 17.1 Å². The third-order valence-corrected chi connectivity index (χ3v) is 2.03. The Bertz CT molecular complexity index is 274. The first-order valence-corrected chi connectivity index (χ1v) is 4.73. The van der Waals surface area contributed by atoms with Crippen LogP contribution in [0.5, 0.6) is 0 Å². The van der Waals surface area contributed by atoms with E-state index in [0.717, 1.165) is 0 Å². The summed E-state index contributed by atoms with van der Waals surface area (Å²) in [6.07, 6.45) is 7.63. The van der Waals surface area contributed by atoms with Crippen LogP contribution in [0.3, 0.4) is 0 Å². The van der Waals surface area contributed by atoms with Crippen LogP contribution < -0.4 is 0 Å². The molecule has 1 heterocycles. The summed E-state index contributed by atoms with van der Waals surface area (Å²) in [5.74, 6) is -0.292. The van der Waals surface area contributed by atoms with Gasteiger partial charge in [0.2, 0.25) is 0 Å². The third kappa shape index (κ3) is 2.62. The van der Waals surface area contributed by atoms with Gasteiger partial charge in [-0.3, -0.25) is 4.79 Å². The van der Waals surface area contributed by atoms with E-state index < -0.39 is 0 Å². The number of carbonyl (C=O) groups excluding carboxylic acids is 1. The van der Waals surface area contributed by atoms with Gasteiger partial charge in [-0.2, -0.15) is 0 Å². The highest BCUT2D eigenvalue weighted by Gasteiger charge is 2.29. The number of allylic oxidation sites excluding steroid dienone is 2. The summed E-state index contributed by atoms with van der Waals surface area (Å²) in [4.78, 5) is 15.9. The number of nitrogens with zero attached hydrogens (tertiary/aromatic N) is 1. The van der Waals surface area contributed by atoms with E-state index in [0.29, 0.717) is 0 Å². The van der Waals surface area contributed by atoms with Gasteiger partial charge in [0.15, 0.2) is 0 Å². The Balaban J connectivity index is 2.77. The molecular formula is C11H17NO2. The molecule has 1 aliphatic rings. The average molecular weight is 195 g/mol. The Labute approximate surface area is 85.0 Å². The predicted molar refractivity (Wildman–Crippen MR) is 55.1 cm³/mol. The fraction of sp³-hybridized carbons (Fsp3) is 0.545. The molecule has 1 rings (SSSR count). The minimum Gasteiger partial charge on any atom is -0.341 e. The van der Waals surface area contributed by atoms with E-state index >= 15 is 0 Å². The largest absolute Gasteiger partial charge is 0.341 e. The molecule has 3 heteroatoms. The van der Waals surface area contributed by atoms with Crippen molar-refractivity contribution in [2.75, 3.05) is 0 Å². The van der Waals surface area contributed by atoms with Gasteiger partial charge in [0.25, 0.3) is 0 Å². The molecular weight excluding hydrogens is 178 g/mol. The van der Waals surface area contributed by atoms with Gasteiger partial charge in [0, 0.05) is 13.1 Å². The molecule has 0 aromatic rings. The minimum atomic E-state index is -0.292. The summed E-state index contributed by atoms with van der Waals surface area (Å²) < 4.78 is 0. The zero-order valence-corrected chi connectivity index (χ0v) is 9.15. The van der Waals surface area contributed by atoms with Crippen molar-refractivity contribution in [2.24, 2.45) is 5.41 Å². The Morgan fingerprint density at radius 2 is 2.00 bits per heavy atom. The van der Waals surface area contributed by atoms with E-state index in [4.69, 9.17) is 4.84 Å². The Kier molecular flexibility index (Phi) is 2.99. The van der Waals surface area contributed by atoms with Gasteiger partial charge in [-0.25, -0.2) is 5.06 Å². The van der Waals surface area contributed by atoms with E-state index in [9.17, 15) is 4.79 Å². The van der Waals surface area contributed by atoms with Crippen molar-refractivity contribution in [2.45, 2.75) is 33.7 Å². The second-order valence-electron chi connectivity index (χ2n) is 4.48. The van der Waals surface area contributed by atoms with E-state index in [2.05, 4.69) is 20.8 Å². The number of hydrogen-bond acceptors (Lipinski definition) is 3. The first-order valence-electron chi connectivity index (χ1n) is 4.73. The minimum absolute atomic E-state index is 0.0384. The number of hydrogen-bond donors (Lipinski definition) is 0. The topological polar surface area (TPSA) is 29.5 Å². The maximum absolute atomic E-state index is 10.9. The molecule has 0 amide bonds. The van der Waals surface area contributed by atoms with Crippen LogP contribution in [0.1, 0.15) is 27.7 Å². The lowest BCUT2D eigenvalue weighted by atomic mass is 9.85. The van der Waals surface area contributed by atoms with Gasteiger partial charge in [-0.1, -0.05) is 32.9 Å². The van der Waals surface area contributed by atoms with Crippen molar-refractivity contribution >= 4 is 5.97 Å². The zero-order chi connectivity index (χ0) is 10.8. The van der Waals surface area contributed by atoms with Gasteiger partial charge in [-0.05, 0) is 11.5 Å². The summed E-state index contributed by atoms with van der Waals surface area (Å²) in [6.45, 7) is 7.73. The molecule has 78 valence electrons. The van der Waals surface area contributed by atoms with Gasteiger partial charge in [0.05, 0.1) is 6.04 Å². The Hall–Kier alpha value is -1.25. The highest BCUT2D eigenvalue weighted by molar-refractivity contribution is 5.65. The standard InChI is InChI=1S/C11H17NO2/c1-9(13)14-12-8-6-5-7-10(12)11(2,3)4/h5-8,10H,1-4H3. The summed E-state index contributed by atoms with van der Waals surface area (Å²) >= 11 is 0. The lowest BCUT2D eigenvalue weighted by molar-refractivity contribution is -0.187. The summed E-state index contributed by atoms with van der Waals surface area (Å²) in [7, 11) is 0. The molecule has 1 atom stereocenters. The molecule has 0 saturated carbocycles. The molecule has 1 unspecified atom stereocenters. The van der Waals surface area contributed by atoms with Crippen molar-refractivity contribution in [3.05, 3.63) is 24.4 Å². The second kappa shape index (κ2) is 3.86. The lowest BCUT2D eigenvalue weighted by Gasteiger charge is -2.36. The molecule has 0 aromatic carbocycles. The molecule has 0 fully saturated rings. The molecule has 0 saturated heterocycles. The monoisotopic (exact) mass is 195 g/mol. The molecule has 0 aliphatic carbocycles. The normalized spacial score (nSPS) is 21.1. The number of carbonyl (C=O) groups is 1. The van der Waals surface area contributed by atoms with E-state index in [1.807, 2.05) is 18.2 Å². The van der Waals surface area contributed by atoms with Crippen molar-refractivity contribution in [1.82, 2.24) is 5.06 Å². The third-order valence-electron chi connectivity index (χ3n) is 2.03. The molecule has 0 spiro atoms. The molecule has 0 aromatic heterocycles. The molecule has 3 nitrogen and oxygen atoms in total. The lowest BCUT2D eigenvalue weighted by Crippen LogP contribution is -2.41. The van der Waals surface area contributed by atoms with E-state index in [1.54, 1.807) is 11.3 Å². The Morgan fingerprint density at radius 3 is 2.50 bits per heavy atom. The fourth-order valence-electron chi connectivity index (χ4n) is 1.39.